The second-order valence-electron chi connectivity index (χ2n) is 4.92. The Hall–Kier alpha value is -3.56. The highest BCUT2D eigenvalue weighted by Gasteiger charge is 2.06. The number of hydrogen-bond acceptors (Lipinski definition) is 5. The van der Waals surface area contributed by atoms with Gasteiger partial charge in [0.2, 0.25) is 0 Å². The first-order valence-corrected chi connectivity index (χ1v) is 8.03. The Morgan fingerprint density at radius 3 is 2.00 bits per heavy atom. The third-order valence-corrected chi connectivity index (χ3v) is 3.38. The molecule has 6 N–H and O–H groups in total. The van der Waals surface area contributed by atoms with Crippen LogP contribution in [-0.2, 0) is 4.79 Å². The standard InChI is InChI=1S/C18H16N4O2.C2H6/c19-11-13-3-8-15(9-4-13)14-6-1-12(2-7-14)5-10-16(22-21)17(20)18(23)24;1-2/h1-10,22H,20-21H2,(H,23,24);1-2H3/b10-5+,17-16-;. The summed E-state index contributed by atoms with van der Waals surface area (Å²) in [6.07, 6.45) is 3.20. The summed E-state index contributed by atoms with van der Waals surface area (Å²) in [5.41, 5.74) is 10.9. The van der Waals surface area contributed by atoms with E-state index in [0.29, 0.717) is 5.56 Å². The van der Waals surface area contributed by atoms with E-state index in [9.17, 15) is 4.79 Å². The lowest BCUT2D eigenvalue weighted by molar-refractivity contribution is -0.132. The van der Waals surface area contributed by atoms with Gasteiger partial charge in [-0.05, 0) is 34.9 Å². The molecule has 0 heterocycles. The van der Waals surface area contributed by atoms with Crippen LogP contribution in [-0.4, -0.2) is 11.1 Å². The molecule has 0 aliphatic carbocycles. The number of carbonyl (C=O) groups is 1. The molecule has 0 saturated heterocycles. The second-order valence-corrected chi connectivity index (χ2v) is 4.92. The largest absolute Gasteiger partial charge is 0.477 e. The molecular formula is C20H22N4O2. The SMILES string of the molecule is CC.N#Cc1ccc(-c2ccc(/C=C/C(NN)=C(/N)C(=O)O)cc2)cc1. The zero-order valence-electron chi connectivity index (χ0n) is 14.7. The molecule has 2 rings (SSSR count). The molecule has 26 heavy (non-hydrogen) atoms. The van der Waals surface area contributed by atoms with Gasteiger partial charge in [0, 0.05) is 0 Å². The fraction of sp³-hybridized carbons (Fsp3) is 0.100. The van der Waals surface area contributed by atoms with Gasteiger partial charge in [0.25, 0.3) is 0 Å². The Bertz CT molecular complexity index is 830. The Morgan fingerprint density at radius 1 is 1.08 bits per heavy atom. The van der Waals surface area contributed by atoms with Crippen molar-refractivity contribution in [1.82, 2.24) is 5.43 Å². The third kappa shape index (κ3) is 5.51. The molecule has 134 valence electrons. The number of nitriles is 1. The summed E-state index contributed by atoms with van der Waals surface area (Å²) in [6.45, 7) is 4.00. The topological polar surface area (TPSA) is 125 Å². The molecule has 0 unspecified atom stereocenters. The molecule has 0 radical (unpaired) electrons. The van der Waals surface area contributed by atoms with Crippen LogP contribution in [0.25, 0.3) is 17.2 Å². The maximum absolute atomic E-state index is 10.8. The number of hydrazine groups is 1. The first-order chi connectivity index (χ1) is 12.5. The van der Waals surface area contributed by atoms with E-state index in [1.165, 1.54) is 6.08 Å². The fourth-order valence-electron chi connectivity index (χ4n) is 2.03. The van der Waals surface area contributed by atoms with Gasteiger partial charge in [0.05, 0.1) is 17.3 Å². The summed E-state index contributed by atoms with van der Waals surface area (Å²) in [4.78, 5) is 10.8. The van der Waals surface area contributed by atoms with E-state index < -0.39 is 5.97 Å². The number of nitrogens with one attached hydrogen (secondary N) is 1. The molecule has 0 saturated carbocycles. The molecule has 2 aromatic rings. The molecule has 0 fully saturated rings. The predicted molar refractivity (Wildman–Crippen MR) is 103 cm³/mol. The lowest BCUT2D eigenvalue weighted by Gasteiger charge is -2.04. The van der Waals surface area contributed by atoms with Crippen LogP contribution in [0.1, 0.15) is 25.0 Å². The number of allylic oxidation sites excluding steroid dienone is 1. The summed E-state index contributed by atoms with van der Waals surface area (Å²) >= 11 is 0. The zero-order valence-corrected chi connectivity index (χ0v) is 14.7. The summed E-state index contributed by atoms with van der Waals surface area (Å²) in [7, 11) is 0. The summed E-state index contributed by atoms with van der Waals surface area (Å²) in [6, 6.07) is 17.0. The number of aliphatic carboxylic acids is 1. The molecule has 0 aliphatic heterocycles. The van der Waals surface area contributed by atoms with Gasteiger partial charge in [-0.25, -0.2) is 4.79 Å². The van der Waals surface area contributed by atoms with Crippen molar-refractivity contribution in [2.24, 2.45) is 11.6 Å². The van der Waals surface area contributed by atoms with E-state index in [1.54, 1.807) is 18.2 Å². The predicted octanol–water partition coefficient (Wildman–Crippen LogP) is 2.98. The van der Waals surface area contributed by atoms with Crippen LogP contribution in [0.2, 0.25) is 0 Å². The second kappa shape index (κ2) is 10.3. The monoisotopic (exact) mass is 350 g/mol. The normalized spacial score (nSPS) is 11.0. The van der Waals surface area contributed by atoms with Crippen molar-refractivity contribution in [3.63, 3.8) is 0 Å². The van der Waals surface area contributed by atoms with Crippen molar-refractivity contribution in [2.75, 3.05) is 0 Å². The average molecular weight is 350 g/mol. The van der Waals surface area contributed by atoms with E-state index in [4.69, 9.17) is 21.9 Å². The number of carboxylic acid groups (broad SMARTS) is 1. The van der Waals surface area contributed by atoms with E-state index in [0.717, 1.165) is 16.7 Å². The van der Waals surface area contributed by atoms with E-state index in [1.807, 2.05) is 50.2 Å². The summed E-state index contributed by atoms with van der Waals surface area (Å²) in [5, 5.41) is 17.7. The number of rotatable bonds is 5. The highest BCUT2D eigenvalue weighted by molar-refractivity contribution is 5.87. The van der Waals surface area contributed by atoms with Gasteiger partial charge in [0.15, 0.2) is 0 Å². The van der Waals surface area contributed by atoms with Crippen LogP contribution < -0.4 is 17.0 Å². The van der Waals surface area contributed by atoms with Crippen LogP contribution in [0, 0.1) is 11.3 Å². The van der Waals surface area contributed by atoms with Gasteiger partial charge in [-0.2, -0.15) is 5.26 Å². The summed E-state index contributed by atoms with van der Waals surface area (Å²) < 4.78 is 0. The molecule has 0 aliphatic rings. The quantitative estimate of drug-likeness (QED) is 0.284. The van der Waals surface area contributed by atoms with Crippen molar-refractivity contribution in [3.8, 4) is 17.2 Å². The van der Waals surface area contributed by atoms with Gasteiger partial charge in [-0.3, -0.25) is 5.84 Å². The third-order valence-electron chi connectivity index (χ3n) is 3.38. The lowest BCUT2D eigenvalue weighted by atomic mass is 10.0. The minimum atomic E-state index is -1.25. The van der Waals surface area contributed by atoms with Crippen LogP contribution in [0.4, 0.5) is 0 Å². The number of carboxylic acids is 1. The van der Waals surface area contributed by atoms with Gasteiger partial charge >= 0.3 is 5.97 Å². The number of hydrogen-bond donors (Lipinski definition) is 4. The molecule has 6 heteroatoms. The number of nitrogens with zero attached hydrogens (tertiary/aromatic N) is 1. The fourth-order valence-corrected chi connectivity index (χ4v) is 2.03. The first-order valence-electron chi connectivity index (χ1n) is 8.03. The van der Waals surface area contributed by atoms with Gasteiger partial charge in [-0.1, -0.05) is 56.3 Å². The van der Waals surface area contributed by atoms with E-state index in [2.05, 4.69) is 11.5 Å². The van der Waals surface area contributed by atoms with Crippen molar-refractivity contribution < 1.29 is 9.90 Å². The highest BCUT2D eigenvalue weighted by Crippen LogP contribution is 2.20. The minimum Gasteiger partial charge on any atom is -0.477 e. The van der Waals surface area contributed by atoms with Crippen molar-refractivity contribution in [2.45, 2.75) is 13.8 Å². The van der Waals surface area contributed by atoms with E-state index in [-0.39, 0.29) is 11.4 Å². The van der Waals surface area contributed by atoms with Crippen LogP contribution in [0.3, 0.4) is 0 Å². The lowest BCUT2D eigenvalue weighted by Crippen LogP contribution is -2.26. The molecule has 0 amide bonds. The molecule has 2 aromatic carbocycles. The maximum Gasteiger partial charge on any atom is 0.353 e. The minimum absolute atomic E-state index is 0.124. The molecule has 6 nitrogen and oxygen atoms in total. The van der Waals surface area contributed by atoms with Crippen molar-refractivity contribution in [3.05, 3.63) is 77.1 Å². The van der Waals surface area contributed by atoms with Crippen molar-refractivity contribution >= 4 is 12.0 Å². The zero-order chi connectivity index (χ0) is 19.5. The Morgan fingerprint density at radius 2 is 1.58 bits per heavy atom. The molecule has 0 spiro atoms. The Balaban J connectivity index is 0.00000163. The number of nitrogens with two attached hydrogens (primary N) is 2. The molecule has 0 aromatic heterocycles. The van der Waals surface area contributed by atoms with E-state index >= 15 is 0 Å². The molecule has 0 atom stereocenters. The van der Waals surface area contributed by atoms with Gasteiger partial charge in [-0.15, -0.1) is 0 Å². The van der Waals surface area contributed by atoms with Gasteiger partial charge < -0.3 is 16.3 Å². The molecular weight excluding hydrogens is 328 g/mol. The Labute approximate surface area is 153 Å². The van der Waals surface area contributed by atoms with Crippen LogP contribution in [0.5, 0.6) is 0 Å². The maximum atomic E-state index is 10.8. The van der Waals surface area contributed by atoms with Crippen LogP contribution in [0.15, 0.2) is 66.0 Å². The van der Waals surface area contributed by atoms with Gasteiger partial charge in [0.1, 0.15) is 5.70 Å². The van der Waals surface area contributed by atoms with Crippen molar-refractivity contribution in [1.29, 1.82) is 5.26 Å². The Kier molecular flexibility index (Phi) is 8.14. The smallest absolute Gasteiger partial charge is 0.353 e. The molecule has 0 bridgehead atoms. The average Bonchev–Trinajstić information content (AvgIpc) is 2.70. The number of benzene rings is 2. The first kappa shape index (κ1) is 20.5. The van der Waals surface area contributed by atoms with Crippen LogP contribution >= 0.6 is 0 Å². The highest BCUT2D eigenvalue weighted by atomic mass is 16.4. The summed E-state index contributed by atoms with van der Waals surface area (Å²) in [5.74, 6) is 4.03.